The number of halogens is 1. The molecule has 0 unspecified atom stereocenters. The molecule has 0 aliphatic carbocycles. The van der Waals surface area contributed by atoms with Gasteiger partial charge in [0.1, 0.15) is 17.5 Å². The quantitative estimate of drug-likeness (QED) is 0.204. The van der Waals surface area contributed by atoms with E-state index in [4.69, 9.17) is 20.8 Å². The molecule has 0 N–H and O–H groups in total. The molecule has 5 aromatic rings. The Morgan fingerprint density at radius 3 is 2.70 bits per heavy atom. The van der Waals surface area contributed by atoms with Gasteiger partial charge in [0.25, 0.3) is 0 Å². The highest BCUT2D eigenvalue weighted by Crippen LogP contribution is 2.24. The molecule has 5 rings (SSSR count). The number of hydrogen-bond acceptors (Lipinski definition) is 7. The van der Waals surface area contributed by atoms with Crippen LogP contribution in [0.2, 0.25) is 5.15 Å². The first-order chi connectivity index (χ1) is 16.2. The van der Waals surface area contributed by atoms with Gasteiger partial charge in [-0.25, -0.2) is 9.78 Å². The summed E-state index contributed by atoms with van der Waals surface area (Å²) in [4.78, 5) is 17.6. The van der Waals surface area contributed by atoms with Crippen molar-refractivity contribution < 1.29 is 13.9 Å². The predicted molar refractivity (Wildman–Crippen MR) is 123 cm³/mol. The second kappa shape index (κ2) is 9.05. The first-order valence-corrected chi connectivity index (χ1v) is 10.4. The number of carbonyl (C=O) groups is 1. The van der Waals surface area contributed by atoms with Gasteiger partial charge in [0.05, 0.1) is 11.8 Å². The summed E-state index contributed by atoms with van der Waals surface area (Å²) in [6, 6.07) is 22.1. The van der Waals surface area contributed by atoms with Crippen LogP contribution in [0.3, 0.4) is 0 Å². The fourth-order valence-corrected chi connectivity index (χ4v) is 3.49. The third kappa shape index (κ3) is 4.37. The molecule has 0 aliphatic rings. The van der Waals surface area contributed by atoms with Gasteiger partial charge < -0.3 is 9.15 Å². The van der Waals surface area contributed by atoms with Gasteiger partial charge >= 0.3 is 5.97 Å². The number of aromatic nitrogens is 5. The van der Waals surface area contributed by atoms with Crippen LogP contribution in [0.5, 0.6) is 0 Å². The smallest absolute Gasteiger partial charge is 0.357 e. The van der Waals surface area contributed by atoms with Crippen molar-refractivity contribution >= 4 is 40.2 Å². The minimum atomic E-state index is -0.653. The summed E-state index contributed by atoms with van der Waals surface area (Å²) in [7, 11) is 0. The molecule has 3 aromatic heterocycles. The van der Waals surface area contributed by atoms with Crippen LogP contribution in [0.25, 0.3) is 34.1 Å². The Hall–Kier alpha value is -4.30. The zero-order chi connectivity index (χ0) is 22.6. The van der Waals surface area contributed by atoms with Gasteiger partial charge in [0, 0.05) is 22.6 Å². The van der Waals surface area contributed by atoms with Crippen LogP contribution in [-0.2, 0) is 16.1 Å². The maximum atomic E-state index is 13.2. The molecular formula is C24H16ClN5O3. The van der Waals surface area contributed by atoms with Crippen molar-refractivity contribution in [2.75, 3.05) is 0 Å². The molecule has 162 valence electrons. The Bertz CT molecular complexity index is 1450. The van der Waals surface area contributed by atoms with Crippen LogP contribution >= 0.6 is 11.6 Å². The largest absolute Gasteiger partial charge is 0.465 e. The van der Waals surface area contributed by atoms with E-state index in [-0.39, 0.29) is 17.5 Å². The molecule has 0 bridgehead atoms. The topological polar surface area (TPSA) is 95.9 Å². The Morgan fingerprint density at radius 1 is 1.06 bits per heavy atom. The van der Waals surface area contributed by atoms with Crippen molar-refractivity contribution in [1.82, 2.24) is 25.2 Å². The number of hydrogen-bond donors (Lipinski definition) is 0. The van der Waals surface area contributed by atoms with E-state index in [0.29, 0.717) is 17.1 Å². The fraction of sp³-hybridized carbons (Fsp3) is 0.0417. The number of fused-ring (bicyclic) bond motifs is 1. The third-order valence-corrected chi connectivity index (χ3v) is 5.20. The number of furan rings is 1. The number of pyridine rings is 1. The molecule has 8 nitrogen and oxygen atoms in total. The average Bonchev–Trinajstić information content (AvgIpc) is 3.54. The van der Waals surface area contributed by atoms with Crippen LogP contribution in [-0.4, -0.2) is 31.2 Å². The van der Waals surface area contributed by atoms with Crippen molar-refractivity contribution in [2.24, 2.45) is 0 Å². The van der Waals surface area contributed by atoms with E-state index in [9.17, 15) is 4.79 Å². The summed E-state index contributed by atoms with van der Waals surface area (Å²) in [6.07, 6.45) is 3.03. The van der Waals surface area contributed by atoms with Gasteiger partial charge in [-0.2, -0.15) is 4.68 Å². The molecule has 0 aliphatic heterocycles. The molecule has 3 heterocycles. The molecule has 0 saturated heterocycles. The van der Waals surface area contributed by atoms with E-state index in [1.165, 1.54) is 17.0 Å². The summed E-state index contributed by atoms with van der Waals surface area (Å²) >= 11 is 6.32. The summed E-state index contributed by atoms with van der Waals surface area (Å²) in [6.45, 7) is -0.0756. The molecular weight excluding hydrogens is 442 g/mol. The van der Waals surface area contributed by atoms with Gasteiger partial charge in [-0.05, 0) is 34.7 Å². The number of nitrogens with zero attached hydrogens (tertiary/aromatic N) is 5. The number of benzene rings is 2. The van der Waals surface area contributed by atoms with Gasteiger partial charge in [-0.15, -0.1) is 5.10 Å². The lowest BCUT2D eigenvalue weighted by atomic mass is 10.2. The van der Waals surface area contributed by atoms with Crippen molar-refractivity contribution in [3.05, 3.63) is 95.5 Å². The number of carbonyl (C=O) groups excluding carboxylic acids is 1. The van der Waals surface area contributed by atoms with E-state index in [2.05, 4.69) is 20.5 Å². The van der Waals surface area contributed by atoms with Crippen LogP contribution in [0, 0.1) is 0 Å². The standard InChI is InChI=1S/C24H16ClN5O3/c25-22-18(13-17-9-4-5-11-20(17)26-22)15-33-24(31)21(14-19-10-6-12-32-19)30-23(27-28-29-30)16-7-2-1-3-8-16/h1-14H,15H2/b21-14-. The number of para-hydroxylation sites is 1. The van der Waals surface area contributed by atoms with Crippen LogP contribution in [0.1, 0.15) is 11.3 Å². The molecule has 0 spiro atoms. The lowest BCUT2D eigenvalue weighted by Crippen LogP contribution is -2.15. The lowest BCUT2D eigenvalue weighted by Gasteiger charge is -2.11. The highest BCUT2D eigenvalue weighted by atomic mass is 35.5. The van der Waals surface area contributed by atoms with Crippen molar-refractivity contribution in [1.29, 1.82) is 0 Å². The Labute approximate surface area is 193 Å². The second-order valence-corrected chi connectivity index (χ2v) is 7.39. The molecule has 0 amide bonds. The normalized spacial score (nSPS) is 11.6. The number of esters is 1. The van der Waals surface area contributed by atoms with Gasteiger partial charge in [0.15, 0.2) is 11.5 Å². The van der Waals surface area contributed by atoms with Crippen LogP contribution in [0.15, 0.2) is 83.5 Å². The van der Waals surface area contributed by atoms with Crippen molar-refractivity contribution in [2.45, 2.75) is 6.61 Å². The van der Waals surface area contributed by atoms with Crippen molar-refractivity contribution in [3.63, 3.8) is 0 Å². The van der Waals surface area contributed by atoms with E-state index >= 15 is 0 Å². The minimum absolute atomic E-state index is 0.0756. The second-order valence-electron chi connectivity index (χ2n) is 7.03. The first kappa shape index (κ1) is 20.6. The number of ether oxygens (including phenoxy) is 1. The molecule has 0 saturated carbocycles. The Morgan fingerprint density at radius 2 is 1.88 bits per heavy atom. The zero-order valence-electron chi connectivity index (χ0n) is 17.1. The van der Waals surface area contributed by atoms with Crippen LogP contribution in [0.4, 0.5) is 0 Å². The average molecular weight is 458 g/mol. The van der Waals surface area contributed by atoms with Crippen molar-refractivity contribution in [3.8, 4) is 11.4 Å². The SMILES string of the molecule is O=C(OCc1cc2ccccc2nc1Cl)/C(=C/c1ccco1)n1nnnc1-c1ccccc1. The van der Waals surface area contributed by atoms with Gasteiger partial charge in [0.2, 0.25) is 0 Å². The monoisotopic (exact) mass is 457 g/mol. The Balaban J connectivity index is 1.47. The molecule has 0 radical (unpaired) electrons. The highest BCUT2D eigenvalue weighted by Gasteiger charge is 2.21. The Kier molecular flexibility index (Phi) is 5.65. The van der Waals surface area contributed by atoms with Gasteiger partial charge in [-0.1, -0.05) is 60.1 Å². The van der Waals surface area contributed by atoms with E-state index in [0.717, 1.165) is 16.5 Å². The summed E-state index contributed by atoms with van der Waals surface area (Å²) in [5, 5.41) is 13.0. The molecule has 33 heavy (non-hydrogen) atoms. The summed E-state index contributed by atoms with van der Waals surface area (Å²) in [5.74, 6) is 0.178. The molecule has 0 fully saturated rings. The predicted octanol–water partition coefficient (Wildman–Crippen LogP) is 4.88. The maximum absolute atomic E-state index is 13.2. The first-order valence-electron chi connectivity index (χ1n) is 10.00. The molecule has 9 heteroatoms. The van der Waals surface area contributed by atoms with Gasteiger partial charge in [-0.3, -0.25) is 0 Å². The van der Waals surface area contributed by atoms with E-state index < -0.39 is 5.97 Å². The third-order valence-electron chi connectivity index (χ3n) is 4.87. The number of tetrazole rings is 1. The fourth-order valence-electron chi connectivity index (χ4n) is 3.29. The maximum Gasteiger partial charge on any atom is 0.357 e. The highest BCUT2D eigenvalue weighted by molar-refractivity contribution is 6.30. The lowest BCUT2D eigenvalue weighted by molar-refractivity contribution is -0.138. The number of rotatable bonds is 6. The molecule has 2 aromatic carbocycles. The minimum Gasteiger partial charge on any atom is -0.465 e. The molecule has 0 atom stereocenters. The van der Waals surface area contributed by atoms with E-state index in [1.54, 1.807) is 12.1 Å². The summed E-state index contributed by atoms with van der Waals surface area (Å²) in [5.41, 5.74) is 2.17. The van der Waals surface area contributed by atoms with Crippen LogP contribution < -0.4 is 0 Å². The van der Waals surface area contributed by atoms with E-state index in [1.807, 2.05) is 60.7 Å². The zero-order valence-corrected chi connectivity index (χ0v) is 17.9. The summed E-state index contributed by atoms with van der Waals surface area (Å²) < 4.78 is 12.3.